The molecule has 0 fully saturated rings. The third kappa shape index (κ3) is 3.05. The quantitative estimate of drug-likeness (QED) is 0.405. The number of rotatable bonds is 2. The second-order valence-corrected chi connectivity index (χ2v) is 9.53. The van der Waals surface area contributed by atoms with Crippen LogP contribution in [-0.2, 0) is 10.2 Å². The second kappa shape index (κ2) is 6.39. The van der Waals surface area contributed by atoms with E-state index in [1.54, 1.807) is 18.2 Å². The fraction of sp³-hybridized carbons (Fsp3) is 0.320. The highest BCUT2D eigenvalue weighted by Crippen LogP contribution is 2.46. The van der Waals surface area contributed by atoms with Crippen LogP contribution in [0.1, 0.15) is 73.4 Å². The normalized spacial score (nSPS) is 17.0. The fourth-order valence-electron chi connectivity index (χ4n) is 4.19. The monoisotopic (exact) mass is 403 g/mol. The lowest BCUT2D eigenvalue weighted by Gasteiger charge is -2.38. The molecule has 0 aliphatic carbocycles. The summed E-state index contributed by atoms with van der Waals surface area (Å²) in [4.78, 5) is 39.4. The Hall–Kier alpha value is -3.21. The topological polar surface area (TPSA) is 63.7 Å². The Bertz CT molecular complexity index is 1130. The molecule has 2 aromatic rings. The smallest absolute Gasteiger partial charge is 0.343 e. The lowest BCUT2D eigenvalue weighted by molar-refractivity contribution is -0.115. The van der Waals surface area contributed by atoms with Gasteiger partial charge in [-0.05, 0) is 61.6 Å². The van der Waals surface area contributed by atoms with Crippen LogP contribution in [0, 0.1) is 0 Å². The summed E-state index contributed by atoms with van der Waals surface area (Å²) in [7, 11) is 0. The highest BCUT2D eigenvalue weighted by atomic mass is 16.5. The molecular formula is C25H25NO4. The number of esters is 1. The van der Waals surface area contributed by atoms with E-state index >= 15 is 0 Å². The van der Waals surface area contributed by atoms with E-state index in [9.17, 15) is 14.4 Å². The maximum atomic E-state index is 12.7. The summed E-state index contributed by atoms with van der Waals surface area (Å²) in [5.74, 6) is -1.38. The fourth-order valence-corrected chi connectivity index (χ4v) is 4.19. The lowest BCUT2D eigenvalue weighted by Crippen LogP contribution is -2.47. The standard InChI is InChI=1S/C25H25NO4/c1-14-13-25(5,6)26-20-18(14)11-17(12-19(20)21(27)22(26)28)30-23(29)15-7-9-16(10-8-15)24(2,3)4/h7-13H,1-6H3. The predicted molar refractivity (Wildman–Crippen MR) is 116 cm³/mol. The molecule has 0 spiro atoms. The van der Waals surface area contributed by atoms with Gasteiger partial charge in [-0.2, -0.15) is 0 Å². The molecule has 4 rings (SSSR count). The number of hydrogen-bond acceptors (Lipinski definition) is 4. The lowest BCUT2D eigenvalue weighted by atomic mass is 9.87. The first kappa shape index (κ1) is 20.1. The number of anilines is 1. The molecule has 1 amide bonds. The zero-order chi connectivity index (χ0) is 22.0. The first-order chi connectivity index (χ1) is 13.9. The highest BCUT2D eigenvalue weighted by molar-refractivity contribution is 6.53. The van der Waals surface area contributed by atoms with Gasteiger partial charge in [0, 0.05) is 5.56 Å². The van der Waals surface area contributed by atoms with Gasteiger partial charge in [0.15, 0.2) is 0 Å². The summed E-state index contributed by atoms with van der Waals surface area (Å²) < 4.78 is 5.59. The molecule has 5 nitrogen and oxygen atoms in total. The number of Topliss-reactive ketones (excluding diaryl/α,β-unsaturated/α-hetero) is 1. The van der Waals surface area contributed by atoms with E-state index in [0.29, 0.717) is 11.3 Å². The van der Waals surface area contributed by atoms with Crippen LogP contribution in [-0.4, -0.2) is 23.2 Å². The molecule has 2 aromatic carbocycles. The van der Waals surface area contributed by atoms with Crippen molar-refractivity contribution < 1.29 is 19.1 Å². The Balaban J connectivity index is 1.70. The molecule has 2 aliphatic rings. The molecule has 0 N–H and O–H groups in total. The van der Waals surface area contributed by atoms with Gasteiger partial charge in [-0.1, -0.05) is 39.0 Å². The zero-order valence-electron chi connectivity index (χ0n) is 18.1. The van der Waals surface area contributed by atoms with Gasteiger partial charge >= 0.3 is 5.97 Å². The summed E-state index contributed by atoms with van der Waals surface area (Å²) >= 11 is 0. The van der Waals surface area contributed by atoms with Crippen molar-refractivity contribution in [1.29, 1.82) is 0 Å². The molecule has 0 aromatic heterocycles. The molecule has 2 heterocycles. The van der Waals surface area contributed by atoms with Gasteiger partial charge in [0.1, 0.15) is 5.75 Å². The van der Waals surface area contributed by atoms with Gasteiger partial charge < -0.3 is 4.74 Å². The summed E-state index contributed by atoms with van der Waals surface area (Å²) in [6, 6.07) is 10.5. The van der Waals surface area contributed by atoms with Crippen molar-refractivity contribution in [2.24, 2.45) is 0 Å². The molecule has 0 saturated heterocycles. The molecule has 5 heteroatoms. The number of nitrogens with zero attached hydrogens (tertiary/aromatic N) is 1. The summed E-state index contributed by atoms with van der Waals surface area (Å²) in [6.07, 6.45) is 1.95. The number of ketones is 1. The average molecular weight is 403 g/mol. The van der Waals surface area contributed by atoms with Gasteiger partial charge in [-0.3, -0.25) is 14.5 Å². The largest absolute Gasteiger partial charge is 0.423 e. The van der Waals surface area contributed by atoms with E-state index in [1.165, 1.54) is 11.0 Å². The molecule has 0 saturated carbocycles. The van der Waals surface area contributed by atoms with E-state index in [1.807, 2.05) is 39.0 Å². The van der Waals surface area contributed by atoms with E-state index in [2.05, 4.69) is 20.8 Å². The Morgan fingerprint density at radius 1 is 1.00 bits per heavy atom. The number of allylic oxidation sites excluding steroid dienone is 1. The maximum absolute atomic E-state index is 12.7. The number of amides is 1. The van der Waals surface area contributed by atoms with Crippen LogP contribution >= 0.6 is 0 Å². The van der Waals surface area contributed by atoms with Gasteiger partial charge in [0.2, 0.25) is 0 Å². The maximum Gasteiger partial charge on any atom is 0.343 e. The van der Waals surface area contributed by atoms with Crippen LogP contribution in [0.15, 0.2) is 42.5 Å². The molecule has 154 valence electrons. The SMILES string of the molecule is CC1=CC(C)(C)N2C(=O)C(=O)c3cc(OC(=O)c4ccc(C(C)(C)C)cc4)cc1c32. The van der Waals surface area contributed by atoms with Gasteiger partial charge in [-0.15, -0.1) is 0 Å². The predicted octanol–water partition coefficient (Wildman–Crippen LogP) is 4.93. The van der Waals surface area contributed by atoms with Crippen LogP contribution in [0.25, 0.3) is 5.57 Å². The van der Waals surface area contributed by atoms with Gasteiger partial charge in [-0.25, -0.2) is 4.79 Å². The van der Waals surface area contributed by atoms with Crippen molar-refractivity contribution in [2.45, 2.75) is 52.5 Å². The molecular weight excluding hydrogens is 378 g/mol. The van der Waals surface area contributed by atoms with Crippen LogP contribution in [0.2, 0.25) is 0 Å². The number of carbonyl (C=O) groups excluding carboxylic acids is 3. The molecule has 30 heavy (non-hydrogen) atoms. The highest BCUT2D eigenvalue weighted by Gasteiger charge is 2.47. The Kier molecular flexibility index (Phi) is 4.28. The van der Waals surface area contributed by atoms with Crippen LogP contribution in [0.4, 0.5) is 5.69 Å². The van der Waals surface area contributed by atoms with Crippen molar-refractivity contribution in [3.8, 4) is 5.75 Å². The van der Waals surface area contributed by atoms with E-state index in [0.717, 1.165) is 16.7 Å². The Labute approximate surface area is 176 Å². The van der Waals surface area contributed by atoms with E-state index in [4.69, 9.17) is 4.74 Å². The average Bonchev–Trinajstić information content (AvgIpc) is 2.91. The number of carbonyl (C=O) groups is 3. The van der Waals surface area contributed by atoms with E-state index in [-0.39, 0.29) is 16.7 Å². The summed E-state index contributed by atoms with van der Waals surface area (Å²) in [6.45, 7) is 12.0. The summed E-state index contributed by atoms with van der Waals surface area (Å²) in [5, 5.41) is 0. The minimum Gasteiger partial charge on any atom is -0.423 e. The van der Waals surface area contributed by atoms with Crippen molar-refractivity contribution in [3.63, 3.8) is 0 Å². The zero-order valence-corrected chi connectivity index (χ0v) is 18.1. The molecule has 0 unspecified atom stereocenters. The van der Waals surface area contributed by atoms with Gasteiger partial charge in [0.25, 0.3) is 11.7 Å². The minimum atomic E-state index is -0.595. The van der Waals surface area contributed by atoms with Crippen LogP contribution < -0.4 is 9.64 Å². The minimum absolute atomic E-state index is 0.0124. The number of hydrogen-bond donors (Lipinski definition) is 0. The van der Waals surface area contributed by atoms with Crippen molar-refractivity contribution in [3.05, 3.63) is 64.7 Å². The molecule has 0 bridgehead atoms. The summed E-state index contributed by atoms with van der Waals surface area (Å²) in [5.41, 5.74) is 3.49. The second-order valence-electron chi connectivity index (χ2n) is 9.53. The first-order valence-corrected chi connectivity index (χ1v) is 9.99. The van der Waals surface area contributed by atoms with Crippen LogP contribution in [0.3, 0.4) is 0 Å². The Morgan fingerprint density at radius 3 is 2.20 bits per heavy atom. The van der Waals surface area contributed by atoms with Gasteiger partial charge in [0.05, 0.1) is 22.4 Å². The third-order valence-electron chi connectivity index (χ3n) is 5.72. The Morgan fingerprint density at radius 2 is 1.60 bits per heavy atom. The molecule has 2 aliphatic heterocycles. The first-order valence-electron chi connectivity index (χ1n) is 9.99. The van der Waals surface area contributed by atoms with Crippen LogP contribution in [0.5, 0.6) is 5.75 Å². The van der Waals surface area contributed by atoms with Crippen molar-refractivity contribution in [1.82, 2.24) is 0 Å². The van der Waals surface area contributed by atoms with Crippen molar-refractivity contribution in [2.75, 3.05) is 4.90 Å². The number of benzene rings is 2. The third-order valence-corrected chi connectivity index (χ3v) is 5.72. The molecule has 0 atom stereocenters. The van der Waals surface area contributed by atoms with Crippen molar-refractivity contribution >= 4 is 28.9 Å². The van der Waals surface area contributed by atoms with E-state index < -0.39 is 23.2 Å². The number of ether oxygens (including phenoxy) is 1. The molecule has 0 radical (unpaired) electrons.